The summed E-state index contributed by atoms with van der Waals surface area (Å²) in [6.07, 6.45) is 2.05. The molecule has 32 heavy (non-hydrogen) atoms. The molecule has 2 atom stereocenters. The first-order chi connectivity index (χ1) is 15.3. The van der Waals surface area contributed by atoms with E-state index in [9.17, 15) is 19.5 Å². The minimum absolute atomic E-state index is 0.0858. The highest BCUT2D eigenvalue weighted by atomic mass is 31.2. The van der Waals surface area contributed by atoms with E-state index >= 15 is 0 Å². The third-order valence-electron chi connectivity index (χ3n) is 4.86. The Hall–Kier alpha value is -2.90. The molecule has 0 aliphatic carbocycles. The average Bonchev–Trinajstić information content (AvgIpc) is 2.79. The summed E-state index contributed by atoms with van der Waals surface area (Å²) in [5, 5.41) is 13.5. The molecule has 2 aromatic carbocycles. The second kappa shape index (κ2) is 12.2. The molecule has 2 rings (SSSR count). The maximum atomic E-state index is 13.6. The first-order valence-electron chi connectivity index (χ1n) is 10.5. The van der Waals surface area contributed by atoms with Crippen LogP contribution in [-0.4, -0.2) is 23.5 Å². The van der Waals surface area contributed by atoms with Crippen LogP contribution in [0.15, 0.2) is 54.6 Å². The highest BCUT2D eigenvalue weighted by Gasteiger charge is 2.35. The number of hydrogen-bond donors (Lipinski definition) is 1. The van der Waals surface area contributed by atoms with Gasteiger partial charge in [-0.15, -0.1) is 0 Å². The van der Waals surface area contributed by atoms with Gasteiger partial charge in [0.05, 0.1) is 11.5 Å². The number of ether oxygens (including phenoxy) is 1. The summed E-state index contributed by atoms with van der Waals surface area (Å²) in [5.74, 6) is 0.0527. The lowest BCUT2D eigenvalue weighted by atomic mass is 10.1. The summed E-state index contributed by atoms with van der Waals surface area (Å²) < 4.78 is 30.2. The molecular formula is C22H29N2O7P. The number of nitrogens with one attached hydrogen (secondary N) is 1. The number of esters is 1. The molecule has 10 heteroatoms. The monoisotopic (exact) mass is 464 g/mol. The normalized spacial score (nSPS) is 13.8. The van der Waals surface area contributed by atoms with Gasteiger partial charge in [0, 0.05) is 12.1 Å². The van der Waals surface area contributed by atoms with Gasteiger partial charge in [0.15, 0.2) is 0 Å². The fourth-order valence-electron chi connectivity index (χ4n) is 2.79. The molecule has 0 saturated carbocycles. The molecule has 0 radical (unpaired) electrons. The van der Waals surface area contributed by atoms with Crippen molar-refractivity contribution in [3.05, 3.63) is 64.7 Å². The third-order valence-corrected chi connectivity index (χ3v) is 6.39. The topological polar surface area (TPSA) is 117 Å². The number of nitro benzene ring substituents is 1. The molecule has 174 valence electrons. The van der Waals surface area contributed by atoms with Gasteiger partial charge in [-0.25, -0.2) is 4.57 Å². The maximum Gasteiger partial charge on any atom is 0.513 e. The van der Waals surface area contributed by atoms with Crippen LogP contribution in [-0.2, 0) is 14.1 Å². The van der Waals surface area contributed by atoms with E-state index in [0.717, 1.165) is 12.8 Å². The van der Waals surface area contributed by atoms with E-state index in [1.54, 1.807) is 37.3 Å². The zero-order chi connectivity index (χ0) is 23.6. The Balaban J connectivity index is 2.21. The van der Waals surface area contributed by atoms with Crippen LogP contribution in [0.5, 0.6) is 11.5 Å². The minimum Gasteiger partial charge on any atom is -0.464 e. The molecule has 0 spiro atoms. The molecule has 2 aromatic rings. The number of carbonyl (C=O) groups excluding carboxylic acids is 1. The molecular weight excluding hydrogens is 435 g/mol. The zero-order valence-corrected chi connectivity index (χ0v) is 19.3. The van der Waals surface area contributed by atoms with Gasteiger partial charge in [-0.1, -0.05) is 51.8 Å². The molecule has 1 unspecified atom stereocenters. The van der Waals surface area contributed by atoms with Crippen molar-refractivity contribution < 1.29 is 28.1 Å². The second-order valence-electron chi connectivity index (χ2n) is 7.15. The van der Waals surface area contributed by atoms with E-state index in [1.807, 2.05) is 13.8 Å². The molecule has 9 nitrogen and oxygen atoms in total. The fraction of sp³-hybridized carbons (Fsp3) is 0.409. The molecule has 0 aliphatic heterocycles. The molecule has 0 fully saturated rings. The van der Waals surface area contributed by atoms with Gasteiger partial charge in [0.2, 0.25) is 0 Å². The first-order valence-corrected chi connectivity index (χ1v) is 12.1. The van der Waals surface area contributed by atoms with E-state index in [1.165, 1.54) is 24.3 Å². The SMILES string of the molecule is CCC(CC)COC(=O)[C@H](CC)NP(=O)(Oc1ccccc1)Oc1ccc([N+](=O)[O-])cc1. The van der Waals surface area contributed by atoms with Gasteiger partial charge in [-0.05, 0) is 36.6 Å². The number of rotatable bonds is 13. The number of carbonyl (C=O) groups is 1. The summed E-state index contributed by atoms with van der Waals surface area (Å²) in [6.45, 7) is 6.07. The number of non-ortho nitro benzene ring substituents is 1. The summed E-state index contributed by atoms with van der Waals surface area (Å²) in [7, 11) is -4.11. The predicted octanol–water partition coefficient (Wildman–Crippen LogP) is 5.51. The summed E-state index contributed by atoms with van der Waals surface area (Å²) in [5.41, 5.74) is -0.138. The lowest BCUT2D eigenvalue weighted by Gasteiger charge is -2.24. The van der Waals surface area contributed by atoms with Crippen molar-refractivity contribution in [1.82, 2.24) is 5.09 Å². The second-order valence-corrected chi connectivity index (χ2v) is 8.76. The first kappa shape index (κ1) is 25.4. The van der Waals surface area contributed by atoms with Gasteiger partial charge < -0.3 is 13.8 Å². The Morgan fingerprint density at radius 1 is 0.969 bits per heavy atom. The molecule has 0 amide bonds. The highest BCUT2D eigenvalue weighted by molar-refractivity contribution is 7.52. The Labute approximate surface area is 187 Å². The van der Waals surface area contributed by atoms with E-state index in [2.05, 4.69) is 5.09 Å². The molecule has 0 aliphatic rings. The van der Waals surface area contributed by atoms with Gasteiger partial charge in [-0.3, -0.25) is 14.9 Å². The van der Waals surface area contributed by atoms with Crippen LogP contribution in [0.3, 0.4) is 0 Å². The van der Waals surface area contributed by atoms with Gasteiger partial charge in [-0.2, -0.15) is 5.09 Å². The fourth-order valence-corrected chi connectivity index (χ4v) is 4.40. The van der Waals surface area contributed by atoms with Crippen molar-refractivity contribution in [3.8, 4) is 11.5 Å². The van der Waals surface area contributed by atoms with E-state index in [-0.39, 0.29) is 36.1 Å². The smallest absolute Gasteiger partial charge is 0.464 e. The standard InChI is InChI=1S/C22H29N2O7P/c1-4-17(5-2)16-29-22(25)21(6-3)23-32(28,30-19-10-8-7-9-11-19)31-20-14-12-18(13-15-20)24(26)27/h7-15,17,21H,4-6,16H2,1-3H3,(H,23,28)/t21-,32?/m0/s1. The van der Waals surface area contributed by atoms with Gasteiger partial charge in [0.25, 0.3) is 5.69 Å². The van der Waals surface area contributed by atoms with Crippen LogP contribution in [0.4, 0.5) is 5.69 Å². The third kappa shape index (κ3) is 7.66. The van der Waals surface area contributed by atoms with Gasteiger partial charge in [0.1, 0.15) is 17.5 Å². The van der Waals surface area contributed by atoms with Crippen LogP contribution in [0.1, 0.15) is 40.0 Å². The Bertz CT molecular complexity index is 918. The van der Waals surface area contributed by atoms with Crippen molar-refractivity contribution in [2.75, 3.05) is 6.61 Å². The maximum absolute atomic E-state index is 13.6. The molecule has 1 N–H and O–H groups in total. The van der Waals surface area contributed by atoms with Crippen LogP contribution >= 0.6 is 7.75 Å². The van der Waals surface area contributed by atoms with E-state index in [0.29, 0.717) is 0 Å². The molecule has 0 saturated heterocycles. The number of nitrogens with zero attached hydrogens (tertiary/aromatic N) is 1. The summed E-state index contributed by atoms with van der Waals surface area (Å²) in [4.78, 5) is 22.9. The zero-order valence-electron chi connectivity index (χ0n) is 18.4. The van der Waals surface area contributed by atoms with Crippen LogP contribution in [0.25, 0.3) is 0 Å². The van der Waals surface area contributed by atoms with Crippen LogP contribution in [0.2, 0.25) is 0 Å². The van der Waals surface area contributed by atoms with Gasteiger partial charge >= 0.3 is 13.7 Å². The van der Waals surface area contributed by atoms with Crippen LogP contribution < -0.4 is 14.1 Å². The lowest BCUT2D eigenvalue weighted by molar-refractivity contribution is -0.384. The predicted molar refractivity (Wildman–Crippen MR) is 121 cm³/mol. The van der Waals surface area contributed by atoms with Crippen molar-refractivity contribution in [2.45, 2.75) is 46.1 Å². The summed E-state index contributed by atoms with van der Waals surface area (Å²) >= 11 is 0. The van der Waals surface area contributed by atoms with Crippen LogP contribution in [0, 0.1) is 16.0 Å². The number of benzene rings is 2. The minimum atomic E-state index is -4.11. The lowest BCUT2D eigenvalue weighted by Crippen LogP contribution is -2.38. The molecule has 0 bridgehead atoms. The van der Waals surface area contributed by atoms with E-state index in [4.69, 9.17) is 13.8 Å². The Kier molecular flexibility index (Phi) is 9.68. The summed E-state index contributed by atoms with van der Waals surface area (Å²) in [6, 6.07) is 12.5. The number of nitro groups is 1. The Morgan fingerprint density at radius 2 is 1.53 bits per heavy atom. The number of para-hydroxylation sites is 1. The number of hydrogen-bond acceptors (Lipinski definition) is 7. The van der Waals surface area contributed by atoms with Crippen molar-refractivity contribution in [2.24, 2.45) is 5.92 Å². The van der Waals surface area contributed by atoms with Crippen molar-refractivity contribution in [1.29, 1.82) is 0 Å². The van der Waals surface area contributed by atoms with Crippen molar-refractivity contribution in [3.63, 3.8) is 0 Å². The largest absolute Gasteiger partial charge is 0.513 e. The average molecular weight is 464 g/mol. The van der Waals surface area contributed by atoms with E-state index < -0.39 is 24.7 Å². The Morgan fingerprint density at radius 3 is 2.03 bits per heavy atom. The molecule has 0 aromatic heterocycles. The quantitative estimate of drug-likeness (QED) is 0.179. The highest BCUT2D eigenvalue weighted by Crippen LogP contribution is 2.45. The van der Waals surface area contributed by atoms with Crippen molar-refractivity contribution >= 4 is 19.4 Å². The molecule has 0 heterocycles.